The predicted octanol–water partition coefficient (Wildman–Crippen LogP) is 1.85. The standard InChI is InChI=1S/C9H10NO/c1-8-3-5-9(6-4-8)7-10-11-2/h3-6H,1-2H3. The van der Waals surface area contributed by atoms with E-state index in [-0.39, 0.29) is 0 Å². The molecule has 0 spiro atoms. The lowest BCUT2D eigenvalue weighted by molar-refractivity contribution is 0.215. The van der Waals surface area contributed by atoms with Crippen LogP contribution in [0.25, 0.3) is 0 Å². The first-order valence-corrected chi connectivity index (χ1v) is 3.39. The maximum absolute atomic E-state index is 4.49. The van der Waals surface area contributed by atoms with Crippen molar-refractivity contribution in [2.24, 2.45) is 5.16 Å². The molecule has 0 unspecified atom stereocenters. The molecule has 0 amide bonds. The summed E-state index contributed by atoms with van der Waals surface area (Å²) in [4.78, 5) is 4.49. The van der Waals surface area contributed by atoms with E-state index in [9.17, 15) is 0 Å². The van der Waals surface area contributed by atoms with Crippen molar-refractivity contribution in [3.8, 4) is 0 Å². The fourth-order valence-corrected chi connectivity index (χ4v) is 0.726. The molecule has 11 heavy (non-hydrogen) atoms. The van der Waals surface area contributed by atoms with Gasteiger partial charge in [0.05, 0.1) is 0 Å². The number of aryl methyl sites for hydroxylation is 1. The molecule has 1 rings (SSSR count). The Morgan fingerprint density at radius 3 is 2.45 bits per heavy atom. The monoisotopic (exact) mass is 148 g/mol. The van der Waals surface area contributed by atoms with Crippen LogP contribution in [0.3, 0.4) is 0 Å². The van der Waals surface area contributed by atoms with Crippen LogP contribution in [0.5, 0.6) is 0 Å². The highest BCUT2D eigenvalue weighted by Gasteiger charge is 1.86. The molecule has 2 heteroatoms. The Labute approximate surface area is 66.5 Å². The molecular weight excluding hydrogens is 138 g/mol. The van der Waals surface area contributed by atoms with Crippen LogP contribution in [-0.2, 0) is 4.84 Å². The molecule has 0 atom stereocenters. The fourth-order valence-electron chi connectivity index (χ4n) is 0.726. The molecule has 0 aliphatic heterocycles. The Balaban J connectivity index is 2.73. The van der Waals surface area contributed by atoms with E-state index < -0.39 is 0 Å². The Hall–Kier alpha value is -1.31. The SMILES string of the molecule is CON=[C]c1ccc(C)cc1. The molecule has 0 bridgehead atoms. The van der Waals surface area contributed by atoms with Gasteiger partial charge in [-0.15, -0.1) is 0 Å². The zero-order valence-corrected chi connectivity index (χ0v) is 6.66. The molecule has 0 aliphatic carbocycles. The van der Waals surface area contributed by atoms with Crippen molar-refractivity contribution in [3.63, 3.8) is 0 Å². The highest BCUT2D eigenvalue weighted by atomic mass is 16.6. The Morgan fingerprint density at radius 1 is 1.27 bits per heavy atom. The molecule has 0 N–H and O–H groups in total. The molecule has 0 fully saturated rings. The van der Waals surface area contributed by atoms with Gasteiger partial charge in [-0.05, 0) is 6.92 Å². The van der Waals surface area contributed by atoms with E-state index in [1.54, 1.807) is 0 Å². The van der Waals surface area contributed by atoms with E-state index in [1.807, 2.05) is 31.2 Å². The van der Waals surface area contributed by atoms with Crippen LogP contribution in [0.4, 0.5) is 0 Å². The van der Waals surface area contributed by atoms with Crippen molar-refractivity contribution in [2.75, 3.05) is 7.11 Å². The van der Waals surface area contributed by atoms with Crippen molar-refractivity contribution < 1.29 is 4.84 Å². The normalized spacial score (nSPS) is 10.4. The molecular formula is C9H10NO. The van der Waals surface area contributed by atoms with Crippen LogP contribution < -0.4 is 0 Å². The second kappa shape index (κ2) is 3.76. The summed E-state index contributed by atoms with van der Waals surface area (Å²) in [6.45, 7) is 2.04. The molecule has 2 nitrogen and oxygen atoms in total. The zero-order chi connectivity index (χ0) is 8.10. The van der Waals surface area contributed by atoms with E-state index in [2.05, 4.69) is 16.2 Å². The van der Waals surface area contributed by atoms with E-state index in [0.29, 0.717) is 0 Å². The molecule has 0 saturated carbocycles. The van der Waals surface area contributed by atoms with Crippen molar-refractivity contribution in [1.29, 1.82) is 0 Å². The minimum Gasteiger partial charge on any atom is -0.399 e. The molecule has 1 aromatic carbocycles. The van der Waals surface area contributed by atoms with E-state index >= 15 is 0 Å². The minimum absolute atomic E-state index is 0.928. The molecule has 0 saturated heterocycles. The van der Waals surface area contributed by atoms with Crippen molar-refractivity contribution >= 4 is 6.21 Å². The summed E-state index contributed by atoms with van der Waals surface area (Å²) < 4.78 is 0. The summed E-state index contributed by atoms with van der Waals surface area (Å²) in [5.41, 5.74) is 2.16. The van der Waals surface area contributed by atoms with Gasteiger partial charge in [0.25, 0.3) is 0 Å². The van der Waals surface area contributed by atoms with Gasteiger partial charge in [-0.25, -0.2) is 0 Å². The van der Waals surface area contributed by atoms with E-state index in [4.69, 9.17) is 0 Å². The predicted molar refractivity (Wildman–Crippen MR) is 44.7 cm³/mol. The number of hydrogen-bond donors (Lipinski definition) is 0. The summed E-state index contributed by atoms with van der Waals surface area (Å²) in [6, 6.07) is 7.90. The first-order valence-electron chi connectivity index (χ1n) is 3.39. The summed E-state index contributed by atoms with van der Waals surface area (Å²) in [5, 5.41) is 3.52. The van der Waals surface area contributed by atoms with Gasteiger partial charge >= 0.3 is 0 Å². The topological polar surface area (TPSA) is 21.6 Å². The number of rotatable bonds is 2. The van der Waals surface area contributed by atoms with Crippen molar-refractivity contribution in [1.82, 2.24) is 0 Å². The van der Waals surface area contributed by atoms with Gasteiger partial charge in [0, 0.05) is 5.56 Å². The maximum atomic E-state index is 4.49. The summed E-state index contributed by atoms with van der Waals surface area (Å²) >= 11 is 0. The van der Waals surface area contributed by atoms with Crippen LogP contribution in [-0.4, -0.2) is 13.3 Å². The van der Waals surface area contributed by atoms with Gasteiger partial charge < -0.3 is 4.84 Å². The lowest BCUT2D eigenvalue weighted by Gasteiger charge is -1.91. The Morgan fingerprint density at radius 2 is 1.91 bits per heavy atom. The highest BCUT2D eigenvalue weighted by molar-refractivity contribution is 5.78. The fraction of sp³-hybridized carbons (Fsp3) is 0.222. The third-order valence-corrected chi connectivity index (χ3v) is 1.32. The summed E-state index contributed by atoms with van der Waals surface area (Å²) in [5.74, 6) is 0. The number of hydrogen-bond acceptors (Lipinski definition) is 2. The molecule has 0 heterocycles. The minimum atomic E-state index is 0.928. The van der Waals surface area contributed by atoms with E-state index in [1.165, 1.54) is 12.7 Å². The number of benzene rings is 1. The Bertz CT molecular complexity index is 238. The first-order chi connectivity index (χ1) is 5.33. The highest BCUT2D eigenvalue weighted by Crippen LogP contribution is 1.99. The first kappa shape index (κ1) is 7.79. The van der Waals surface area contributed by atoms with Gasteiger partial charge in [-0.1, -0.05) is 35.0 Å². The quantitative estimate of drug-likeness (QED) is 0.463. The molecule has 0 aliphatic rings. The molecule has 0 aromatic heterocycles. The number of nitrogens with zero attached hydrogens (tertiary/aromatic N) is 1. The summed E-state index contributed by atoms with van der Waals surface area (Å²) in [7, 11) is 1.50. The van der Waals surface area contributed by atoms with Gasteiger partial charge in [0.1, 0.15) is 13.3 Å². The van der Waals surface area contributed by atoms with Gasteiger partial charge in [0.2, 0.25) is 0 Å². The van der Waals surface area contributed by atoms with Crippen LogP contribution >= 0.6 is 0 Å². The lowest BCUT2D eigenvalue weighted by Crippen LogP contribution is -1.81. The molecule has 57 valence electrons. The molecule has 1 radical (unpaired) electrons. The largest absolute Gasteiger partial charge is 0.399 e. The van der Waals surface area contributed by atoms with Gasteiger partial charge in [0.15, 0.2) is 0 Å². The van der Waals surface area contributed by atoms with Crippen LogP contribution in [0, 0.1) is 6.92 Å². The van der Waals surface area contributed by atoms with Gasteiger partial charge in [-0.2, -0.15) is 0 Å². The van der Waals surface area contributed by atoms with Crippen LogP contribution in [0.15, 0.2) is 29.4 Å². The smallest absolute Gasteiger partial charge is 0.139 e. The van der Waals surface area contributed by atoms with Gasteiger partial charge in [-0.3, -0.25) is 0 Å². The Kier molecular flexibility index (Phi) is 2.66. The lowest BCUT2D eigenvalue weighted by atomic mass is 10.2. The average Bonchev–Trinajstić information content (AvgIpc) is 2.04. The third kappa shape index (κ3) is 2.42. The molecule has 1 aromatic rings. The maximum Gasteiger partial charge on any atom is 0.139 e. The third-order valence-electron chi connectivity index (χ3n) is 1.32. The van der Waals surface area contributed by atoms with Crippen LogP contribution in [0.2, 0.25) is 0 Å². The summed E-state index contributed by atoms with van der Waals surface area (Å²) in [6.07, 6.45) is 2.72. The van der Waals surface area contributed by atoms with E-state index in [0.717, 1.165) is 5.56 Å². The second-order valence-electron chi connectivity index (χ2n) is 2.25. The zero-order valence-electron chi connectivity index (χ0n) is 6.66. The van der Waals surface area contributed by atoms with Crippen LogP contribution in [0.1, 0.15) is 11.1 Å². The van der Waals surface area contributed by atoms with Crippen molar-refractivity contribution in [2.45, 2.75) is 6.92 Å². The second-order valence-corrected chi connectivity index (χ2v) is 2.25. The van der Waals surface area contributed by atoms with Crippen molar-refractivity contribution in [3.05, 3.63) is 35.4 Å². The average molecular weight is 148 g/mol.